The van der Waals surface area contributed by atoms with Gasteiger partial charge in [0.1, 0.15) is 0 Å². The predicted molar refractivity (Wildman–Crippen MR) is 57.3 cm³/mol. The van der Waals surface area contributed by atoms with Crippen LogP contribution in [0.3, 0.4) is 0 Å². The van der Waals surface area contributed by atoms with Crippen molar-refractivity contribution in [2.75, 3.05) is 7.05 Å². The molecule has 1 N–H and O–H groups in total. The molecule has 0 fully saturated rings. The molecular formula is C10H12N2OS. The second kappa shape index (κ2) is 3.94. The molecule has 2 aromatic rings. The topological polar surface area (TPSA) is 38.1 Å². The number of hydrogen-bond acceptors (Lipinski definition) is 4. The molecule has 3 nitrogen and oxygen atoms in total. The number of nitrogens with zero attached hydrogens (tertiary/aromatic N) is 1. The second-order valence-electron chi connectivity index (χ2n) is 3.07. The van der Waals surface area contributed by atoms with Crippen LogP contribution in [0.2, 0.25) is 0 Å². The molecule has 0 saturated carbocycles. The first-order valence-electron chi connectivity index (χ1n) is 4.48. The smallest absolute Gasteiger partial charge is 0.162 e. The molecule has 1 atom stereocenters. The third-order valence-corrected chi connectivity index (χ3v) is 3.01. The van der Waals surface area contributed by atoms with Gasteiger partial charge in [-0.05, 0) is 26.1 Å². The van der Waals surface area contributed by atoms with E-state index >= 15 is 0 Å². The van der Waals surface area contributed by atoms with Crippen LogP contribution >= 0.6 is 11.3 Å². The molecule has 74 valence electrons. The molecule has 4 heteroatoms. The summed E-state index contributed by atoms with van der Waals surface area (Å²) in [5.41, 5.74) is 1.06. The molecule has 0 radical (unpaired) electrons. The third kappa shape index (κ3) is 1.71. The Morgan fingerprint density at radius 2 is 2.43 bits per heavy atom. The first kappa shape index (κ1) is 9.43. The van der Waals surface area contributed by atoms with Crippen LogP contribution in [0.25, 0.3) is 10.8 Å². The van der Waals surface area contributed by atoms with Crippen LogP contribution in [0.4, 0.5) is 0 Å². The minimum atomic E-state index is 0.287. The highest BCUT2D eigenvalue weighted by atomic mass is 32.1. The summed E-state index contributed by atoms with van der Waals surface area (Å²) >= 11 is 1.61. The van der Waals surface area contributed by atoms with E-state index in [9.17, 15) is 0 Å². The maximum atomic E-state index is 5.27. The molecule has 0 spiro atoms. The Morgan fingerprint density at radius 3 is 3.07 bits per heavy atom. The van der Waals surface area contributed by atoms with Crippen molar-refractivity contribution in [1.29, 1.82) is 0 Å². The summed E-state index contributed by atoms with van der Waals surface area (Å²) in [4.78, 5) is 4.49. The van der Waals surface area contributed by atoms with Gasteiger partial charge in [-0.15, -0.1) is 11.3 Å². The van der Waals surface area contributed by atoms with Crippen LogP contribution in [-0.2, 0) is 0 Å². The Bertz CT molecular complexity index is 394. The number of furan rings is 1. The quantitative estimate of drug-likeness (QED) is 0.842. The van der Waals surface area contributed by atoms with Crippen molar-refractivity contribution in [2.45, 2.75) is 13.0 Å². The Morgan fingerprint density at radius 1 is 1.57 bits per heavy atom. The molecule has 0 amide bonds. The number of thiazole rings is 1. The van der Waals surface area contributed by atoms with Gasteiger partial charge in [-0.1, -0.05) is 0 Å². The fourth-order valence-electron chi connectivity index (χ4n) is 1.15. The minimum absolute atomic E-state index is 0.287. The molecule has 2 rings (SSSR count). The van der Waals surface area contributed by atoms with Crippen LogP contribution in [0.15, 0.2) is 28.2 Å². The number of rotatable bonds is 3. The first-order chi connectivity index (χ1) is 6.81. The van der Waals surface area contributed by atoms with Crippen LogP contribution in [-0.4, -0.2) is 12.0 Å². The van der Waals surface area contributed by atoms with Crippen molar-refractivity contribution >= 4 is 11.3 Å². The number of nitrogens with one attached hydrogen (secondary N) is 1. The van der Waals surface area contributed by atoms with Crippen molar-refractivity contribution in [1.82, 2.24) is 10.3 Å². The number of hydrogen-bond donors (Lipinski definition) is 1. The average Bonchev–Trinajstić information content (AvgIpc) is 2.86. The highest BCUT2D eigenvalue weighted by Gasteiger charge is 2.10. The minimum Gasteiger partial charge on any atom is -0.462 e. The maximum Gasteiger partial charge on any atom is 0.162 e. The highest BCUT2D eigenvalue weighted by molar-refractivity contribution is 7.13. The van der Waals surface area contributed by atoms with Gasteiger partial charge in [0.05, 0.1) is 12.0 Å². The summed E-state index contributed by atoms with van der Waals surface area (Å²) in [5.74, 6) is 0.838. The Balaban J connectivity index is 2.26. The Hall–Kier alpha value is -1.13. The van der Waals surface area contributed by atoms with E-state index in [0.717, 1.165) is 16.5 Å². The normalized spacial score (nSPS) is 13.0. The van der Waals surface area contributed by atoms with Gasteiger partial charge >= 0.3 is 0 Å². The first-order valence-corrected chi connectivity index (χ1v) is 5.36. The molecule has 14 heavy (non-hydrogen) atoms. The van der Waals surface area contributed by atoms with Crippen molar-refractivity contribution in [3.8, 4) is 10.8 Å². The summed E-state index contributed by atoms with van der Waals surface area (Å²) in [6.45, 7) is 2.08. The zero-order chi connectivity index (χ0) is 9.97. The van der Waals surface area contributed by atoms with Crippen LogP contribution in [0.5, 0.6) is 0 Å². The molecule has 2 aromatic heterocycles. The van der Waals surface area contributed by atoms with Gasteiger partial charge < -0.3 is 9.73 Å². The van der Waals surface area contributed by atoms with Gasteiger partial charge in [0.15, 0.2) is 10.8 Å². The molecule has 0 saturated heterocycles. The van der Waals surface area contributed by atoms with Gasteiger partial charge in [0.2, 0.25) is 0 Å². The highest BCUT2D eigenvalue weighted by Crippen LogP contribution is 2.26. The van der Waals surface area contributed by atoms with E-state index in [1.165, 1.54) is 0 Å². The predicted octanol–water partition coefficient (Wildman–Crippen LogP) is 2.68. The lowest BCUT2D eigenvalue weighted by atomic mass is 10.3. The lowest BCUT2D eigenvalue weighted by molar-refractivity contribution is 0.580. The molecule has 0 bridgehead atoms. The largest absolute Gasteiger partial charge is 0.462 e. The molecule has 0 aliphatic carbocycles. The fraction of sp³-hybridized carbons (Fsp3) is 0.300. The second-order valence-corrected chi connectivity index (χ2v) is 3.92. The molecule has 2 heterocycles. The summed E-state index contributed by atoms with van der Waals surface area (Å²) in [7, 11) is 1.93. The molecule has 0 aliphatic heterocycles. The Labute approximate surface area is 86.8 Å². The van der Waals surface area contributed by atoms with Crippen LogP contribution in [0.1, 0.15) is 18.7 Å². The van der Waals surface area contributed by atoms with E-state index in [4.69, 9.17) is 4.42 Å². The standard InChI is InChI=1S/C10H12N2OS/c1-7(11-2)8-6-14-10(12-8)9-4-3-5-13-9/h3-7,11H,1-2H3. The SMILES string of the molecule is CNC(C)c1csc(-c2ccco2)n1. The maximum absolute atomic E-state index is 5.27. The summed E-state index contributed by atoms with van der Waals surface area (Å²) in [6.07, 6.45) is 1.66. The number of aromatic nitrogens is 1. The summed E-state index contributed by atoms with van der Waals surface area (Å²) < 4.78 is 5.27. The summed E-state index contributed by atoms with van der Waals surface area (Å²) in [6, 6.07) is 4.08. The monoisotopic (exact) mass is 208 g/mol. The average molecular weight is 208 g/mol. The third-order valence-electron chi connectivity index (χ3n) is 2.13. The lowest BCUT2D eigenvalue weighted by Crippen LogP contribution is -2.12. The van der Waals surface area contributed by atoms with Gasteiger partial charge in [-0.2, -0.15) is 0 Å². The lowest BCUT2D eigenvalue weighted by Gasteiger charge is -2.04. The van der Waals surface area contributed by atoms with E-state index < -0.39 is 0 Å². The molecule has 1 unspecified atom stereocenters. The molecule has 0 aliphatic rings. The van der Waals surface area contributed by atoms with Crippen molar-refractivity contribution in [2.24, 2.45) is 0 Å². The van der Waals surface area contributed by atoms with Crippen LogP contribution in [0, 0.1) is 0 Å². The van der Waals surface area contributed by atoms with E-state index in [0.29, 0.717) is 0 Å². The van der Waals surface area contributed by atoms with Gasteiger partial charge in [0.25, 0.3) is 0 Å². The van der Waals surface area contributed by atoms with Crippen molar-refractivity contribution < 1.29 is 4.42 Å². The Kier molecular flexibility index (Phi) is 2.65. The van der Waals surface area contributed by atoms with Gasteiger partial charge in [0, 0.05) is 11.4 Å². The molecule has 0 aromatic carbocycles. The summed E-state index contributed by atoms with van der Waals surface area (Å²) in [5, 5.41) is 6.15. The zero-order valence-corrected chi connectivity index (χ0v) is 8.97. The van der Waals surface area contributed by atoms with Crippen molar-refractivity contribution in [3.05, 3.63) is 29.5 Å². The zero-order valence-electron chi connectivity index (χ0n) is 8.15. The van der Waals surface area contributed by atoms with E-state index in [1.54, 1.807) is 17.6 Å². The van der Waals surface area contributed by atoms with Crippen molar-refractivity contribution in [3.63, 3.8) is 0 Å². The van der Waals surface area contributed by atoms with Gasteiger partial charge in [-0.3, -0.25) is 0 Å². The van der Waals surface area contributed by atoms with E-state index in [1.807, 2.05) is 19.2 Å². The fourth-order valence-corrected chi connectivity index (χ4v) is 2.03. The van der Waals surface area contributed by atoms with E-state index in [2.05, 4.69) is 22.6 Å². The van der Waals surface area contributed by atoms with Crippen LogP contribution < -0.4 is 5.32 Å². The van der Waals surface area contributed by atoms with E-state index in [-0.39, 0.29) is 6.04 Å². The van der Waals surface area contributed by atoms with Gasteiger partial charge in [-0.25, -0.2) is 4.98 Å². The molecular weight excluding hydrogens is 196 g/mol.